The Morgan fingerprint density at radius 3 is 2.82 bits per heavy atom. The van der Waals surface area contributed by atoms with Crippen LogP contribution in [-0.2, 0) is 22.0 Å². The number of amides is 1. The third-order valence-electron chi connectivity index (χ3n) is 3.46. The third-order valence-corrected chi connectivity index (χ3v) is 4.77. The highest BCUT2D eigenvalue weighted by Crippen LogP contribution is 2.32. The van der Waals surface area contributed by atoms with E-state index in [2.05, 4.69) is 15.9 Å². The number of carbonyl (C=O) groups excluding carboxylic acids is 1. The SMILES string of the molecule is CS(=O)(=O)Cc1ccc(C(=O)N2CCc3ccc(Br)cc32)o1. The van der Waals surface area contributed by atoms with Crippen molar-refractivity contribution in [3.05, 3.63) is 51.9 Å². The minimum Gasteiger partial charge on any atom is -0.455 e. The fraction of sp³-hybridized carbons (Fsp3) is 0.267. The van der Waals surface area contributed by atoms with E-state index >= 15 is 0 Å². The van der Waals surface area contributed by atoms with Crippen LogP contribution in [0.2, 0.25) is 0 Å². The highest BCUT2D eigenvalue weighted by Gasteiger charge is 2.27. The van der Waals surface area contributed by atoms with Crippen molar-refractivity contribution in [2.24, 2.45) is 0 Å². The Morgan fingerprint density at radius 2 is 2.09 bits per heavy atom. The predicted octanol–water partition coefficient (Wildman–Crippen LogP) is 2.79. The summed E-state index contributed by atoms with van der Waals surface area (Å²) in [7, 11) is -3.19. The zero-order chi connectivity index (χ0) is 15.9. The van der Waals surface area contributed by atoms with Crippen LogP contribution in [0.15, 0.2) is 39.2 Å². The van der Waals surface area contributed by atoms with Crippen LogP contribution < -0.4 is 4.90 Å². The van der Waals surface area contributed by atoms with Gasteiger partial charge in [-0.1, -0.05) is 22.0 Å². The van der Waals surface area contributed by atoms with E-state index in [9.17, 15) is 13.2 Å². The molecule has 0 radical (unpaired) electrons. The Morgan fingerprint density at radius 1 is 1.32 bits per heavy atom. The van der Waals surface area contributed by atoms with Gasteiger partial charge in [-0.15, -0.1) is 0 Å². The van der Waals surface area contributed by atoms with E-state index in [-0.39, 0.29) is 23.2 Å². The number of sulfone groups is 1. The molecule has 0 saturated heterocycles. The maximum Gasteiger partial charge on any atom is 0.293 e. The van der Waals surface area contributed by atoms with Crippen molar-refractivity contribution >= 4 is 37.4 Å². The lowest BCUT2D eigenvalue weighted by Crippen LogP contribution is -2.28. The number of halogens is 1. The molecule has 1 aliphatic rings. The van der Waals surface area contributed by atoms with Gasteiger partial charge in [0.15, 0.2) is 15.6 Å². The molecule has 0 unspecified atom stereocenters. The number of fused-ring (bicyclic) bond motifs is 1. The molecule has 7 heteroatoms. The van der Waals surface area contributed by atoms with E-state index in [1.165, 1.54) is 12.1 Å². The summed E-state index contributed by atoms with van der Waals surface area (Å²) in [6.45, 7) is 0.590. The van der Waals surface area contributed by atoms with Crippen molar-refractivity contribution in [1.82, 2.24) is 0 Å². The molecule has 116 valence electrons. The number of hydrogen-bond acceptors (Lipinski definition) is 4. The molecule has 1 aromatic heterocycles. The molecule has 2 heterocycles. The summed E-state index contributed by atoms with van der Waals surface area (Å²) in [4.78, 5) is 14.2. The predicted molar refractivity (Wildman–Crippen MR) is 86.8 cm³/mol. The number of furan rings is 1. The summed E-state index contributed by atoms with van der Waals surface area (Å²) in [5, 5.41) is 0. The highest BCUT2D eigenvalue weighted by atomic mass is 79.9. The average Bonchev–Trinajstić information content (AvgIpc) is 3.02. The number of anilines is 1. The first-order valence-electron chi connectivity index (χ1n) is 6.70. The van der Waals surface area contributed by atoms with Crippen LogP contribution in [-0.4, -0.2) is 27.1 Å². The van der Waals surface area contributed by atoms with Gasteiger partial charge in [-0.25, -0.2) is 8.42 Å². The fourth-order valence-electron chi connectivity index (χ4n) is 2.53. The average molecular weight is 384 g/mol. The zero-order valence-electron chi connectivity index (χ0n) is 11.9. The van der Waals surface area contributed by atoms with Gasteiger partial charge >= 0.3 is 0 Å². The molecular formula is C15H14BrNO4S. The summed E-state index contributed by atoms with van der Waals surface area (Å²) in [5.41, 5.74) is 1.97. The first kappa shape index (κ1) is 15.3. The molecule has 0 fully saturated rings. The van der Waals surface area contributed by atoms with Gasteiger partial charge in [-0.2, -0.15) is 0 Å². The van der Waals surface area contributed by atoms with Crippen LogP contribution in [0.5, 0.6) is 0 Å². The molecule has 1 aromatic carbocycles. The highest BCUT2D eigenvalue weighted by molar-refractivity contribution is 9.10. The van der Waals surface area contributed by atoms with Gasteiger partial charge in [0.05, 0.1) is 0 Å². The number of rotatable bonds is 3. The number of benzene rings is 1. The van der Waals surface area contributed by atoms with Crippen LogP contribution in [0.25, 0.3) is 0 Å². The smallest absolute Gasteiger partial charge is 0.293 e. The second-order valence-corrected chi connectivity index (χ2v) is 8.37. The van der Waals surface area contributed by atoms with Crippen molar-refractivity contribution in [2.75, 3.05) is 17.7 Å². The molecule has 22 heavy (non-hydrogen) atoms. The van der Waals surface area contributed by atoms with Crippen LogP contribution in [0.3, 0.4) is 0 Å². The van der Waals surface area contributed by atoms with Crippen molar-refractivity contribution < 1.29 is 17.6 Å². The van der Waals surface area contributed by atoms with Gasteiger partial charge in [-0.05, 0) is 36.2 Å². The molecule has 0 bridgehead atoms. The Labute approximate surface area is 137 Å². The van der Waals surface area contributed by atoms with Gasteiger partial charge in [0, 0.05) is 23.0 Å². The van der Waals surface area contributed by atoms with Crippen molar-refractivity contribution in [2.45, 2.75) is 12.2 Å². The first-order valence-corrected chi connectivity index (χ1v) is 9.55. The molecular weight excluding hydrogens is 370 g/mol. The second kappa shape index (κ2) is 5.55. The lowest BCUT2D eigenvalue weighted by Gasteiger charge is -2.16. The normalized spacial score (nSPS) is 14.2. The van der Waals surface area contributed by atoms with Crippen LogP contribution in [0.1, 0.15) is 21.9 Å². The van der Waals surface area contributed by atoms with Gasteiger partial charge in [0.2, 0.25) is 0 Å². The monoisotopic (exact) mass is 383 g/mol. The van der Waals surface area contributed by atoms with Gasteiger partial charge in [0.1, 0.15) is 11.5 Å². The molecule has 5 nitrogen and oxygen atoms in total. The van der Waals surface area contributed by atoms with Gasteiger partial charge in [0.25, 0.3) is 5.91 Å². The molecule has 0 N–H and O–H groups in total. The summed E-state index contributed by atoms with van der Waals surface area (Å²) < 4.78 is 28.9. The van der Waals surface area contributed by atoms with E-state index < -0.39 is 9.84 Å². The lowest BCUT2D eigenvalue weighted by atomic mass is 10.2. The quantitative estimate of drug-likeness (QED) is 0.816. The largest absolute Gasteiger partial charge is 0.455 e. The summed E-state index contributed by atoms with van der Waals surface area (Å²) in [6.07, 6.45) is 1.93. The number of nitrogens with zero attached hydrogens (tertiary/aromatic N) is 1. The molecule has 0 spiro atoms. The standard InChI is InChI=1S/C15H14BrNO4S/c1-22(19,20)9-12-4-5-14(21-12)15(18)17-7-6-10-2-3-11(16)8-13(10)17/h2-5,8H,6-7,9H2,1H3. The number of carbonyl (C=O) groups is 1. The molecule has 2 aromatic rings. The topological polar surface area (TPSA) is 67.6 Å². The van der Waals surface area contributed by atoms with Crippen molar-refractivity contribution in [1.29, 1.82) is 0 Å². The Balaban J connectivity index is 1.86. The van der Waals surface area contributed by atoms with Gasteiger partial charge in [-0.3, -0.25) is 4.79 Å². The fourth-order valence-corrected chi connectivity index (χ4v) is 3.55. The summed E-state index contributed by atoms with van der Waals surface area (Å²) in [5.74, 6) is -0.0230. The summed E-state index contributed by atoms with van der Waals surface area (Å²) >= 11 is 3.41. The van der Waals surface area contributed by atoms with E-state index in [1.54, 1.807) is 4.90 Å². The molecule has 0 saturated carbocycles. The lowest BCUT2D eigenvalue weighted by molar-refractivity contribution is 0.0961. The van der Waals surface area contributed by atoms with E-state index in [1.807, 2.05) is 18.2 Å². The zero-order valence-corrected chi connectivity index (χ0v) is 14.3. The maximum atomic E-state index is 12.6. The van der Waals surface area contributed by atoms with Gasteiger partial charge < -0.3 is 9.32 Å². The molecule has 1 aliphatic heterocycles. The van der Waals surface area contributed by atoms with E-state index in [0.29, 0.717) is 6.54 Å². The molecule has 0 atom stereocenters. The Kier molecular flexibility index (Phi) is 3.86. The molecule has 0 aliphatic carbocycles. The van der Waals surface area contributed by atoms with Crippen LogP contribution >= 0.6 is 15.9 Å². The molecule has 3 rings (SSSR count). The third kappa shape index (κ3) is 3.10. The van der Waals surface area contributed by atoms with Crippen LogP contribution in [0.4, 0.5) is 5.69 Å². The molecule has 1 amide bonds. The minimum absolute atomic E-state index is 0.159. The van der Waals surface area contributed by atoms with Crippen LogP contribution in [0, 0.1) is 0 Å². The number of hydrogen-bond donors (Lipinski definition) is 0. The van der Waals surface area contributed by atoms with E-state index in [0.717, 1.165) is 28.4 Å². The minimum atomic E-state index is -3.19. The Bertz CT molecular complexity index is 841. The maximum absolute atomic E-state index is 12.6. The van der Waals surface area contributed by atoms with Crippen molar-refractivity contribution in [3.63, 3.8) is 0 Å². The van der Waals surface area contributed by atoms with E-state index in [4.69, 9.17) is 4.42 Å². The second-order valence-electron chi connectivity index (χ2n) is 5.32. The first-order chi connectivity index (χ1) is 10.3. The summed E-state index contributed by atoms with van der Waals surface area (Å²) in [6, 6.07) is 8.90. The van der Waals surface area contributed by atoms with Crippen molar-refractivity contribution in [3.8, 4) is 0 Å². The Hall–Kier alpha value is -1.60.